The van der Waals surface area contributed by atoms with Gasteiger partial charge in [0.25, 0.3) is 0 Å². The van der Waals surface area contributed by atoms with Gasteiger partial charge in [0.15, 0.2) is 0 Å². The fourth-order valence-corrected chi connectivity index (χ4v) is 1.25. The molecule has 4 heteroatoms. The standard InChI is InChI=1S/C8H14N2O2/c1-5-6(2)10(7(5)11)8(12)9(3)4/h5-6H,1-4H3. The van der Waals surface area contributed by atoms with E-state index in [2.05, 4.69) is 0 Å². The van der Waals surface area contributed by atoms with E-state index in [1.54, 1.807) is 14.1 Å². The maximum Gasteiger partial charge on any atom is 0.326 e. The van der Waals surface area contributed by atoms with Gasteiger partial charge in [0.05, 0.1) is 5.92 Å². The molecule has 1 rings (SSSR count). The van der Waals surface area contributed by atoms with E-state index in [-0.39, 0.29) is 23.9 Å². The molecule has 0 aromatic carbocycles. The van der Waals surface area contributed by atoms with Gasteiger partial charge in [-0.25, -0.2) is 4.79 Å². The number of imide groups is 1. The molecule has 0 spiro atoms. The lowest BCUT2D eigenvalue weighted by Gasteiger charge is -2.42. The summed E-state index contributed by atoms with van der Waals surface area (Å²) >= 11 is 0. The van der Waals surface area contributed by atoms with Crippen molar-refractivity contribution >= 4 is 11.9 Å². The molecule has 4 nitrogen and oxygen atoms in total. The molecule has 0 N–H and O–H groups in total. The molecular weight excluding hydrogens is 156 g/mol. The van der Waals surface area contributed by atoms with E-state index in [4.69, 9.17) is 0 Å². The van der Waals surface area contributed by atoms with Crippen molar-refractivity contribution in [3.05, 3.63) is 0 Å². The van der Waals surface area contributed by atoms with Crippen LogP contribution in [0.4, 0.5) is 4.79 Å². The van der Waals surface area contributed by atoms with E-state index in [9.17, 15) is 9.59 Å². The third kappa shape index (κ3) is 1.07. The Morgan fingerprint density at radius 1 is 1.42 bits per heavy atom. The predicted octanol–water partition coefficient (Wildman–Crippen LogP) is 0.535. The van der Waals surface area contributed by atoms with Crippen molar-refractivity contribution in [3.8, 4) is 0 Å². The molecule has 0 aliphatic carbocycles. The Hall–Kier alpha value is -1.06. The van der Waals surface area contributed by atoms with Gasteiger partial charge in [-0.3, -0.25) is 9.69 Å². The van der Waals surface area contributed by atoms with E-state index in [1.165, 1.54) is 9.80 Å². The third-order valence-electron chi connectivity index (χ3n) is 2.35. The van der Waals surface area contributed by atoms with Gasteiger partial charge in [-0.1, -0.05) is 6.92 Å². The smallest absolute Gasteiger partial charge is 0.326 e. The SMILES string of the molecule is CC1C(=O)N(C(=O)N(C)C)C1C. The Balaban J connectivity index is 2.67. The molecule has 2 unspecified atom stereocenters. The summed E-state index contributed by atoms with van der Waals surface area (Å²) in [4.78, 5) is 25.2. The first kappa shape index (κ1) is 9.03. The molecule has 12 heavy (non-hydrogen) atoms. The summed E-state index contributed by atoms with van der Waals surface area (Å²) in [5, 5.41) is 0. The molecule has 1 saturated heterocycles. The first-order chi connectivity index (χ1) is 5.46. The van der Waals surface area contributed by atoms with E-state index in [0.717, 1.165) is 0 Å². The quantitative estimate of drug-likeness (QED) is 0.498. The van der Waals surface area contributed by atoms with E-state index >= 15 is 0 Å². The number of urea groups is 1. The van der Waals surface area contributed by atoms with E-state index in [0.29, 0.717) is 0 Å². The number of rotatable bonds is 0. The highest BCUT2D eigenvalue weighted by molar-refractivity contribution is 6.00. The molecule has 1 aliphatic heterocycles. The minimum atomic E-state index is -0.217. The van der Waals surface area contributed by atoms with Gasteiger partial charge < -0.3 is 4.90 Å². The van der Waals surface area contributed by atoms with Crippen LogP contribution in [0.5, 0.6) is 0 Å². The highest BCUT2D eigenvalue weighted by atomic mass is 16.2. The van der Waals surface area contributed by atoms with Gasteiger partial charge in [0, 0.05) is 20.1 Å². The van der Waals surface area contributed by atoms with Crippen LogP contribution in [0.15, 0.2) is 0 Å². The lowest BCUT2D eigenvalue weighted by Crippen LogP contribution is -2.62. The van der Waals surface area contributed by atoms with Crippen molar-refractivity contribution in [2.24, 2.45) is 5.92 Å². The summed E-state index contributed by atoms with van der Waals surface area (Å²) in [6.07, 6.45) is 0. The zero-order valence-electron chi connectivity index (χ0n) is 7.87. The molecular formula is C8H14N2O2. The monoisotopic (exact) mass is 170 g/mol. The molecule has 1 fully saturated rings. The topological polar surface area (TPSA) is 40.6 Å². The molecule has 3 amide bonds. The lowest BCUT2D eigenvalue weighted by atomic mass is 9.91. The van der Waals surface area contributed by atoms with E-state index in [1.807, 2.05) is 13.8 Å². The summed E-state index contributed by atoms with van der Waals surface area (Å²) in [7, 11) is 3.29. The van der Waals surface area contributed by atoms with Crippen LogP contribution in [-0.2, 0) is 4.79 Å². The van der Waals surface area contributed by atoms with Crippen LogP contribution < -0.4 is 0 Å². The first-order valence-corrected chi connectivity index (χ1v) is 4.01. The Morgan fingerprint density at radius 2 is 1.92 bits per heavy atom. The summed E-state index contributed by atoms with van der Waals surface area (Å²) in [6, 6.07) is -0.169. The van der Waals surface area contributed by atoms with Crippen molar-refractivity contribution in [1.29, 1.82) is 0 Å². The minimum Gasteiger partial charge on any atom is -0.330 e. The molecule has 0 saturated carbocycles. The fraction of sp³-hybridized carbons (Fsp3) is 0.750. The maximum atomic E-state index is 11.3. The molecule has 2 atom stereocenters. The van der Waals surface area contributed by atoms with Crippen molar-refractivity contribution in [2.45, 2.75) is 19.9 Å². The predicted molar refractivity (Wildman–Crippen MR) is 44.6 cm³/mol. The van der Waals surface area contributed by atoms with E-state index < -0.39 is 0 Å². The summed E-state index contributed by atoms with van der Waals surface area (Å²) in [5.74, 6) is -0.0740. The van der Waals surface area contributed by atoms with Gasteiger partial charge in [-0.05, 0) is 6.92 Å². The highest BCUT2D eigenvalue weighted by Crippen LogP contribution is 2.26. The molecule has 0 radical (unpaired) electrons. The number of carbonyl (C=O) groups excluding carboxylic acids is 2. The largest absolute Gasteiger partial charge is 0.330 e. The number of β-lactam (4-membered cyclic amide) rings is 1. The van der Waals surface area contributed by atoms with Crippen molar-refractivity contribution in [1.82, 2.24) is 9.80 Å². The van der Waals surface area contributed by atoms with Gasteiger partial charge in [-0.2, -0.15) is 0 Å². The number of nitrogens with zero attached hydrogens (tertiary/aromatic N) is 2. The molecule has 1 aliphatic rings. The average Bonchev–Trinajstić information content (AvgIpc) is 2.03. The fourth-order valence-electron chi connectivity index (χ4n) is 1.25. The molecule has 68 valence electrons. The first-order valence-electron chi connectivity index (χ1n) is 4.01. The maximum absolute atomic E-state index is 11.3. The summed E-state index contributed by atoms with van der Waals surface area (Å²) in [5.41, 5.74) is 0. The number of amides is 3. The van der Waals surface area contributed by atoms with Crippen LogP contribution in [0.1, 0.15) is 13.8 Å². The normalized spacial score (nSPS) is 28.3. The van der Waals surface area contributed by atoms with Crippen molar-refractivity contribution in [3.63, 3.8) is 0 Å². The number of hydrogen-bond acceptors (Lipinski definition) is 2. The Kier molecular flexibility index (Phi) is 2.08. The summed E-state index contributed by atoms with van der Waals surface area (Å²) in [6.45, 7) is 3.72. The second-order valence-corrected chi connectivity index (χ2v) is 3.41. The molecule has 0 aromatic heterocycles. The third-order valence-corrected chi connectivity index (χ3v) is 2.35. The molecule has 0 bridgehead atoms. The van der Waals surface area contributed by atoms with Crippen molar-refractivity contribution < 1.29 is 9.59 Å². The minimum absolute atomic E-state index is 0.00565. The highest BCUT2D eigenvalue weighted by Gasteiger charge is 2.45. The van der Waals surface area contributed by atoms with Crippen LogP contribution in [0, 0.1) is 5.92 Å². The van der Waals surface area contributed by atoms with Gasteiger partial charge >= 0.3 is 6.03 Å². The van der Waals surface area contributed by atoms with Crippen LogP contribution >= 0.6 is 0 Å². The van der Waals surface area contributed by atoms with Crippen LogP contribution in [-0.4, -0.2) is 41.9 Å². The Morgan fingerprint density at radius 3 is 2.25 bits per heavy atom. The number of likely N-dealkylation sites (tertiary alicyclic amines) is 1. The second-order valence-electron chi connectivity index (χ2n) is 3.41. The lowest BCUT2D eigenvalue weighted by molar-refractivity contribution is -0.148. The van der Waals surface area contributed by atoms with Gasteiger partial charge in [0.1, 0.15) is 0 Å². The zero-order valence-corrected chi connectivity index (χ0v) is 7.87. The Labute approximate surface area is 72.1 Å². The zero-order chi connectivity index (χ0) is 9.46. The Bertz CT molecular complexity index is 225. The number of carbonyl (C=O) groups is 2. The summed E-state index contributed by atoms with van der Waals surface area (Å²) < 4.78 is 0. The van der Waals surface area contributed by atoms with Gasteiger partial charge in [0.2, 0.25) is 5.91 Å². The second kappa shape index (κ2) is 2.77. The molecule has 1 heterocycles. The van der Waals surface area contributed by atoms with Crippen LogP contribution in [0.3, 0.4) is 0 Å². The van der Waals surface area contributed by atoms with Crippen molar-refractivity contribution in [2.75, 3.05) is 14.1 Å². The van der Waals surface area contributed by atoms with Crippen LogP contribution in [0.2, 0.25) is 0 Å². The van der Waals surface area contributed by atoms with Gasteiger partial charge in [-0.15, -0.1) is 0 Å². The average molecular weight is 170 g/mol. The molecule has 0 aromatic rings. The van der Waals surface area contributed by atoms with Crippen LogP contribution in [0.25, 0.3) is 0 Å². The number of hydrogen-bond donors (Lipinski definition) is 0.